The van der Waals surface area contributed by atoms with Crippen LogP contribution in [0.5, 0.6) is 0 Å². The fraction of sp³-hybridized carbons (Fsp3) is 0.400. The van der Waals surface area contributed by atoms with Gasteiger partial charge in [-0.05, 0) is 86.8 Å². The van der Waals surface area contributed by atoms with Crippen LogP contribution in [-0.4, -0.2) is 53.0 Å². The molecule has 1 saturated heterocycles. The van der Waals surface area contributed by atoms with Gasteiger partial charge in [0, 0.05) is 29.2 Å². The minimum atomic E-state index is -0.857. The second-order valence-electron chi connectivity index (χ2n) is 10.4. The Labute approximate surface area is 227 Å². The Kier molecular flexibility index (Phi) is 8.19. The van der Waals surface area contributed by atoms with E-state index in [1.807, 2.05) is 18.2 Å². The highest BCUT2D eigenvalue weighted by Gasteiger charge is 2.44. The van der Waals surface area contributed by atoms with Crippen LogP contribution in [0.15, 0.2) is 77.7 Å². The number of halogens is 2. The van der Waals surface area contributed by atoms with E-state index in [2.05, 4.69) is 71.4 Å². The van der Waals surface area contributed by atoms with Gasteiger partial charge in [-0.2, -0.15) is 0 Å². The maximum absolute atomic E-state index is 12.8. The van der Waals surface area contributed by atoms with Crippen molar-refractivity contribution in [2.24, 2.45) is 0 Å². The largest absolute Gasteiger partial charge is 0.303 e. The number of hydrogen-bond donors (Lipinski definition) is 0. The number of hydrogen-bond acceptors (Lipinski definition) is 3. The van der Waals surface area contributed by atoms with E-state index < -0.39 is 10.8 Å². The number of likely N-dealkylation sites (tertiary alicyclic amines) is 1. The van der Waals surface area contributed by atoms with Crippen LogP contribution in [0, 0.1) is 0 Å². The fourth-order valence-electron chi connectivity index (χ4n) is 5.93. The zero-order valence-corrected chi connectivity index (χ0v) is 23.2. The zero-order chi connectivity index (χ0) is 25.1. The van der Waals surface area contributed by atoms with Gasteiger partial charge in [-0.15, -0.1) is 0 Å². The van der Waals surface area contributed by atoms with Crippen molar-refractivity contribution in [2.45, 2.75) is 42.0 Å². The minimum absolute atomic E-state index is 0.0942. The smallest absolute Gasteiger partial charge is 0.0595 e. The summed E-state index contributed by atoms with van der Waals surface area (Å²) in [6.07, 6.45) is 3.23. The number of piperidine rings is 1. The molecule has 1 fully saturated rings. The van der Waals surface area contributed by atoms with Crippen molar-refractivity contribution in [3.8, 4) is 0 Å². The first-order chi connectivity index (χ1) is 17.4. The molecule has 2 aliphatic rings. The topological polar surface area (TPSA) is 23.6 Å². The van der Waals surface area contributed by atoms with Crippen LogP contribution in [-0.2, 0) is 22.8 Å². The third-order valence-electron chi connectivity index (χ3n) is 7.96. The van der Waals surface area contributed by atoms with Crippen molar-refractivity contribution in [2.75, 3.05) is 39.0 Å². The molecule has 6 heteroatoms. The Balaban J connectivity index is 1.24. The Morgan fingerprint density at radius 1 is 0.972 bits per heavy atom. The first-order valence-corrected chi connectivity index (χ1v) is 14.9. The van der Waals surface area contributed by atoms with Crippen molar-refractivity contribution < 1.29 is 4.21 Å². The lowest BCUT2D eigenvalue weighted by atomic mass is 9.74. The molecule has 0 bridgehead atoms. The number of benzene rings is 3. The molecule has 1 spiro atoms. The molecule has 0 saturated carbocycles. The summed E-state index contributed by atoms with van der Waals surface area (Å²) in [4.78, 5) is 6.06. The molecule has 5 rings (SSSR count). The molecule has 0 amide bonds. The monoisotopic (exact) mass is 540 g/mol. The molecule has 3 aromatic rings. The van der Waals surface area contributed by atoms with E-state index in [0.29, 0.717) is 16.0 Å². The summed E-state index contributed by atoms with van der Waals surface area (Å²) in [5.41, 5.74) is 4.00. The number of fused-ring (bicyclic) bond motifs is 2. The number of likely N-dealkylation sites (N-methyl/N-ethyl adjacent to an activating group) is 1. The minimum Gasteiger partial charge on any atom is -0.303 e. The molecule has 2 atom stereocenters. The zero-order valence-electron chi connectivity index (χ0n) is 20.8. The standard InChI is InChI=1S/C30H34Cl2N2OS/c1-33(20-23-7-3-2-4-8-23)21-25(24-11-12-27(31)28(32)19-24)13-16-34-17-14-30(15-18-34)22-36(35)29-10-6-5-9-26(29)30/h2-12,19,25H,13-18,20-22H2,1H3/t25-,36?/m1/s1. The van der Waals surface area contributed by atoms with Crippen LogP contribution in [0.4, 0.5) is 0 Å². The summed E-state index contributed by atoms with van der Waals surface area (Å²) >= 11 is 12.6. The Hall–Kier alpha value is -1.69. The van der Waals surface area contributed by atoms with Gasteiger partial charge in [0.25, 0.3) is 0 Å². The molecule has 1 unspecified atom stereocenters. The fourth-order valence-corrected chi connectivity index (χ4v) is 8.10. The maximum atomic E-state index is 12.8. The quantitative estimate of drug-likeness (QED) is 0.315. The molecule has 2 heterocycles. The van der Waals surface area contributed by atoms with E-state index in [0.717, 1.165) is 62.6 Å². The van der Waals surface area contributed by atoms with E-state index in [1.165, 1.54) is 16.7 Å². The summed E-state index contributed by atoms with van der Waals surface area (Å²) in [5.74, 6) is 1.15. The first-order valence-electron chi connectivity index (χ1n) is 12.8. The van der Waals surface area contributed by atoms with Gasteiger partial charge < -0.3 is 9.80 Å². The van der Waals surface area contributed by atoms with Crippen LogP contribution in [0.1, 0.15) is 41.9 Å². The lowest BCUT2D eigenvalue weighted by Gasteiger charge is -2.40. The van der Waals surface area contributed by atoms with Gasteiger partial charge in [0.15, 0.2) is 0 Å². The highest BCUT2D eigenvalue weighted by molar-refractivity contribution is 7.85. The van der Waals surface area contributed by atoms with Gasteiger partial charge >= 0.3 is 0 Å². The molecule has 0 radical (unpaired) electrons. The predicted molar refractivity (Wildman–Crippen MR) is 152 cm³/mol. The molecular formula is C30H34Cl2N2OS. The van der Waals surface area contributed by atoms with E-state index in [1.54, 1.807) is 0 Å². The average molecular weight is 542 g/mol. The summed E-state index contributed by atoms with van der Waals surface area (Å²) in [7, 11) is 1.34. The Bertz CT molecular complexity index is 1210. The lowest BCUT2D eigenvalue weighted by Crippen LogP contribution is -2.44. The first kappa shape index (κ1) is 25.9. The van der Waals surface area contributed by atoms with E-state index in [9.17, 15) is 4.21 Å². The van der Waals surface area contributed by atoms with Crippen LogP contribution in [0.3, 0.4) is 0 Å². The average Bonchev–Trinajstić information content (AvgIpc) is 3.16. The maximum Gasteiger partial charge on any atom is 0.0595 e. The summed E-state index contributed by atoms with van der Waals surface area (Å²) < 4.78 is 12.8. The normalized spacial score (nSPS) is 20.1. The molecule has 0 N–H and O–H groups in total. The number of rotatable bonds is 8. The third-order valence-corrected chi connectivity index (χ3v) is 10.4. The molecule has 36 heavy (non-hydrogen) atoms. The Morgan fingerprint density at radius 3 is 2.44 bits per heavy atom. The Morgan fingerprint density at radius 2 is 1.69 bits per heavy atom. The van der Waals surface area contributed by atoms with Crippen LogP contribution < -0.4 is 0 Å². The summed E-state index contributed by atoms with van der Waals surface area (Å²) in [6.45, 7) is 5.03. The van der Waals surface area contributed by atoms with Gasteiger partial charge in [-0.3, -0.25) is 4.21 Å². The van der Waals surface area contributed by atoms with Crippen molar-refractivity contribution in [1.29, 1.82) is 0 Å². The molecule has 2 aliphatic heterocycles. The molecule has 3 nitrogen and oxygen atoms in total. The SMILES string of the molecule is CN(Cc1ccccc1)C[C@@H](CCN1CCC2(CC1)CS(=O)c1ccccc12)c1ccc(Cl)c(Cl)c1. The van der Waals surface area contributed by atoms with Crippen molar-refractivity contribution in [3.05, 3.63) is 99.5 Å². The van der Waals surface area contributed by atoms with E-state index in [-0.39, 0.29) is 5.41 Å². The molecule has 190 valence electrons. The third kappa shape index (κ3) is 5.74. The van der Waals surface area contributed by atoms with Crippen LogP contribution >= 0.6 is 23.2 Å². The molecule has 0 aromatic heterocycles. The van der Waals surface area contributed by atoms with Crippen molar-refractivity contribution in [1.82, 2.24) is 9.80 Å². The van der Waals surface area contributed by atoms with Gasteiger partial charge in [-0.1, -0.05) is 77.8 Å². The van der Waals surface area contributed by atoms with Gasteiger partial charge in [-0.25, -0.2) is 0 Å². The second kappa shape index (κ2) is 11.4. The summed E-state index contributed by atoms with van der Waals surface area (Å²) in [5, 5.41) is 1.23. The summed E-state index contributed by atoms with van der Waals surface area (Å²) in [6, 6.07) is 25.1. The van der Waals surface area contributed by atoms with Gasteiger partial charge in [0.2, 0.25) is 0 Å². The highest BCUT2D eigenvalue weighted by Crippen LogP contribution is 2.45. The van der Waals surface area contributed by atoms with Crippen molar-refractivity contribution >= 4 is 34.0 Å². The molecule has 0 aliphatic carbocycles. The predicted octanol–water partition coefficient (Wildman–Crippen LogP) is 6.75. The molecule has 3 aromatic carbocycles. The van der Waals surface area contributed by atoms with E-state index in [4.69, 9.17) is 23.2 Å². The number of nitrogens with zero attached hydrogens (tertiary/aromatic N) is 2. The van der Waals surface area contributed by atoms with Crippen LogP contribution in [0.25, 0.3) is 0 Å². The van der Waals surface area contributed by atoms with E-state index >= 15 is 0 Å². The second-order valence-corrected chi connectivity index (χ2v) is 12.7. The highest BCUT2D eigenvalue weighted by atomic mass is 35.5. The van der Waals surface area contributed by atoms with Gasteiger partial charge in [0.05, 0.1) is 20.8 Å². The molecular weight excluding hydrogens is 507 g/mol. The van der Waals surface area contributed by atoms with Crippen molar-refractivity contribution in [3.63, 3.8) is 0 Å². The van der Waals surface area contributed by atoms with Crippen LogP contribution in [0.2, 0.25) is 10.0 Å². The lowest BCUT2D eigenvalue weighted by molar-refractivity contribution is 0.163. The van der Waals surface area contributed by atoms with Gasteiger partial charge in [0.1, 0.15) is 0 Å².